The normalized spacial score (nSPS) is 10.9. The molecule has 1 N–H and O–H groups in total. The average Bonchev–Trinajstić information content (AvgIpc) is 2.26. The van der Waals surface area contributed by atoms with E-state index in [1.807, 2.05) is 25.7 Å². The summed E-state index contributed by atoms with van der Waals surface area (Å²) in [5, 5.41) is 7.53. The van der Waals surface area contributed by atoms with Crippen LogP contribution in [0.4, 0.5) is 5.82 Å². The van der Waals surface area contributed by atoms with Crippen molar-refractivity contribution in [3.63, 3.8) is 0 Å². The Morgan fingerprint density at radius 3 is 2.54 bits per heavy atom. The minimum atomic E-state index is 0.926. The van der Waals surface area contributed by atoms with E-state index in [-0.39, 0.29) is 0 Å². The van der Waals surface area contributed by atoms with Gasteiger partial charge in [-0.25, -0.2) is 0 Å². The second-order valence-corrected chi connectivity index (χ2v) is 3.52. The van der Waals surface area contributed by atoms with Crippen LogP contribution in [0.5, 0.6) is 0 Å². The Hall–Kier alpha value is -1.03. The highest BCUT2D eigenvalue weighted by atomic mass is 15.3. The molecule has 4 nitrogen and oxygen atoms in total. The van der Waals surface area contributed by atoms with Crippen molar-refractivity contribution in [2.45, 2.75) is 13.5 Å². The number of hydrogen-bond donors (Lipinski definition) is 1. The molecule has 1 aromatic rings. The molecule has 4 heteroatoms. The lowest BCUT2D eigenvalue weighted by Gasteiger charge is -2.11. The minimum absolute atomic E-state index is 0.926. The maximum absolute atomic E-state index is 4.36. The van der Waals surface area contributed by atoms with Gasteiger partial charge in [0, 0.05) is 26.2 Å². The first-order valence-corrected chi connectivity index (χ1v) is 4.41. The number of aryl methyl sites for hydroxylation is 2. The maximum atomic E-state index is 4.36. The summed E-state index contributed by atoms with van der Waals surface area (Å²) in [4.78, 5) is 2.14. The van der Waals surface area contributed by atoms with Gasteiger partial charge in [-0.05, 0) is 21.0 Å². The average molecular weight is 182 g/mol. The highest BCUT2D eigenvalue weighted by Crippen LogP contribution is 2.18. The fourth-order valence-corrected chi connectivity index (χ4v) is 1.52. The molecule has 0 radical (unpaired) electrons. The van der Waals surface area contributed by atoms with Gasteiger partial charge in [-0.3, -0.25) is 4.68 Å². The van der Waals surface area contributed by atoms with Gasteiger partial charge in [0.2, 0.25) is 0 Å². The Kier molecular flexibility index (Phi) is 2.93. The monoisotopic (exact) mass is 182 g/mol. The molecule has 1 rings (SSSR count). The number of aromatic nitrogens is 2. The van der Waals surface area contributed by atoms with Crippen LogP contribution in [-0.4, -0.2) is 35.8 Å². The zero-order valence-corrected chi connectivity index (χ0v) is 9.05. The first kappa shape index (κ1) is 10.1. The number of rotatable bonds is 3. The molecule has 1 aromatic heterocycles. The fraction of sp³-hybridized carbons (Fsp3) is 0.667. The number of hydrogen-bond acceptors (Lipinski definition) is 3. The summed E-state index contributed by atoms with van der Waals surface area (Å²) < 4.78 is 1.88. The third-order valence-corrected chi connectivity index (χ3v) is 2.06. The van der Waals surface area contributed by atoms with Gasteiger partial charge < -0.3 is 10.2 Å². The molecule has 0 aliphatic carbocycles. The van der Waals surface area contributed by atoms with Gasteiger partial charge >= 0.3 is 0 Å². The largest absolute Gasteiger partial charge is 0.373 e. The van der Waals surface area contributed by atoms with E-state index in [2.05, 4.69) is 29.4 Å². The van der Waals surface area contributed by atoms with Gasteiger partial charge in [0.1, 0.15) is 5.82 Å². The molecule has 1 heterocycles. The molecule has 0 fully saturated rings. The first-order valence-electron chi connectivity index (χ1n) is 4.41. The van der Waals surface area contributed by atoms with Crippen molar-refractivity contribution < 1.29 is 0 Å². The first-order chi connectivity index (χ1) is 6.06. The van der Waals surface area contributed by atoms with Crippen LogP contribution >= 0.6 is 0 Å². The molecular weight excluding hydrogens is 164 g/mol. The van der Waals surface area contributed by atoms with Crippen molar-refractivity contribution in [3.05, 3.63) is 11.3 Å². The van der Waals surface area contributed by atoms with Crippen LogP contribution in [0.2, 0.25) is 0 Å². The minimum Gasteiger partial charge on any atom is -0.373 e. The van der Waals surface area contributed by atoms with E-state index in [0.717, 1.165) is 18.1 Å². The predicted molar refractivity (Wildman–Crippen MR) is 54.9 cm³/mol. The predicted octanol–water partition coefficient (Wildman–Crippen LogP) is 0.832. The number of nitrogens with one attached hydrogen (secondary N) is 1. The second kappa shape index (κ2) is 3.79. The van der Waals surface area contributed by atoms with Crippen LogP contribution in [0.15, 0.2) is 0 Å². The van der Waals surface area contributed by atoms with Crippen molar-refractivity contribution in [3.8, 4) is 0 Å². The number of nitrogens with zero attached hydrogens (tertiary/aromatic N) is 3. The lowest BCUT2D eigenvalue weighted by Crippen LogP contribution is -2.12. The zero-order chi connectivity index (χ0) is 10.0. The highest BCUT2D eigenvalue weighted by molar-refractivity contribution is 5.46. The molecule has 0 aromatic carbocycles. The van der Waals surface area contributed by atoms with Crippen LogP contribution in [0.25, 0.3) is 0 Å². The smallest absolute Gasteiger partial charge is 0.128 e. The summed E-state index contributed by atoms with van der Waals surface area (Å²) in [5.41, 5.74) is 2.37. The number of anilines is 1. The standard InChI is InChI=1S/C9H18N4/c1-7-8(6-12(3)4)9(10-2)13(5)11-7/h10H,6H2,1-5H3. The summed E-state index contributed by atoms with van der Waals surface area (Å²) in [6.45, 7) is 2.97. The molecule has 0 aliphatic rings. The Balaban J connectivity index is 3.02. The van der Waals surface area contributed by atoms with Crippen molar-refractivity contribution in [1.82, 2.24) is 14.7 Å². The quantitative estimate of drug-likeness (QED) is 0.751. The van der Waals surface area contributed by atoms with Gasteiger partial charge in [-0.15, -0.1) is 0 Å². The molecule has 13 heavy (non-hydrogen) atoms. The van der Waals surface area contributed by atoms with Gasteiger partial charge in [-0.1, -0.05) is 0 Å². The van der Waals surface area contributed by atoms with Gasteiger partial charge in [-0.2, -0.15) is 5.10 Å². The van der Waals surface area contributed by atoms with E-state index >= 15 is 0 Å². The Labute approximate surface area is 79.5 Å². The molecule has 0 aliphatic heterocycles. The van der Waals surface area contributed by atoms with Crippen LogP contribution in [0.3, 0.4) is 0 Å². The lowest BCUT2D eigenvalue weighted by atomic mass is 10.2. The molecule has 74 valence electrons. The summed E-state index contributed by atoms with van der Waals surface area (Å²) in [7, 11) is 8.01. The maximum Gasteiger partial charge on any atom is 0.128 e. The van der Waals surface area contributed by atoms with Crippen molar-refractivity contribution >= 4 is 5.82 Å². The van der Waals surface area contributed by atoms with E-state index in [9.17, 15) is 0 Å². The van der Waals surface area contributed by atoms with E-state index in [0.29, 0.717) is 0 Å². The fourth-order valence-electron chi connectivity index (χ4n) is 1.52. The molecule has 0 spiro atoms. The molecular formula is C9H18N4. The Bertz CT molecular complexity index is 288. The SMILES string of the molecule is CNc1c(CN(C)C)c(C)nn1C. The van der Waals surface area contributed by atoms with E-state index in [4.69, 9.17) is 0 Å². The highest BCUT2D eigenvalue weighted by Gasteiger charge is 2.11. The van der Waals surface area contributed by atoms with Crippen molar-refractivity contribution in [2.24, 2.45) is 7.05 Å². The zero-order valence-electron chi connectivity index (χ0n) is 9.05. The summed E-state index contributed by atoms with van der Waals surface area (Å²) >= 11 is 0. The van der Waals surface area contributed by atoms with Gasteiger partial charge in [0.15, 0.2) is 0 Å². The third-order valence-electron chi connectivity index (χ3n) is 2.06. The topological polar surface area (TPSA) is 33.1 Å². The van der Waals surface area contributed by atoms with Gasteiger partial charge in [0.05, 0.1) is 5.69 Å². The molecule has 0 unspecified atom stereocenters. The summed E-state index contributed by atoms with van der Waals surface area (Å²) in [6.07, 6.45) is 0. The molecule has 0 bridgehead atoms. The Morgan fingerprint density at radius 2 is 2.08 bits per heavy atom. The van der Waals surface area contributed by atoms with E-state index in [1.54, 1.807) is 0 Å². The summed E-state index contributed by atoms with van der Waals surface area (Å²) in [5.74, 6) is 1.10. The lowest BCUT2D eigenvalue weighted by molar-refractivity contribution is 0.402. The van der Waals surface area contributed by atoms with Crippen molar-refractivity contribution in [1.29, 1.82) is 0 Å². The Morgan fingerprint density at radius 1 is 1.46 bits per heavy atom. The second-order valence-electron chi connectivity index (χ2n) is 3.52. The van der Waals surface area contributed by atoms with E-state index in [1.165, 1.54) is 5.56 Å². The molecule has 0 saturated carbocycles. The summed E-state index contributed by atoms with van der Waals surface area (Å²) in [6, 6.07) is 0. The van der Waals surface area contributed by atoms with Crippen LogP contribution in [-0.2, 0) is 13.6 Å². The van der Waals surface area contributed by atoms with E-state index < -0.39 is 0 Å². The molecule has 0 saturated heterocycles. The van der Waals surface area contributed by atoms with Crippen LogP contribution in [0, 0.1) is 6.92 Å². The van der Waals surface area contributed by atoms with Gasteiger partial charge in [0.25, 0.3) is 0 Å². The molecule has 0 atom stereocenters. The third kappa shape index (κ3) is 2.01. The van der Waals surface area contributed by atoms with Crippen LogP contribution in [0.1, 0.15) is 11.3 Å². The molecule has 0 amide bonds. The van der Waals surface area contributed by atoms with Crippen molar-refractivity contribution in [2.75, 3.05) is 26.5 Å². The van der Waals surface area contributed by atoms with Crippen LogP contribution < -0.4 is 5.32 Å².